The largest absolute Gasteiger partial charge is 0.493 e. The van der Waals surface area contributed by atoms with E-state index in [1.807, 2.05) is 6.07 Å². The monoisotopic (exact) mass is 412 g/mol. The van der Waals surface area contributed by atoms with Crippen molar-refractivity contribution >= 4 is 23.5 Å². The minimum absolute atomic E-state index is 0.298. The van der Waals surface area contributed by atoms with Gasteiger partial charge in [-0.3, -0.25) is 4.79 Å². The van der Waals surface area contributed by atoms with Gasteiger partial charge < -0.3 is 14.2 Å². The third-order valence-corrected chi connectivity index (χ3v) is 5.32. The summed E-state index contributed by atoms with van der Waals surface area (Å²) in [5.41, 5.74) is 4.05. The van der Waals surface area contributed by atoms with Crippen molar-refractivity contribution in [3.05, 3.63) is 64.8 Å². The maximum atomic E-state index is 13.1. The van der Waals surface area contributed by atoms with Crippen molar-refractivity contribution in [3.8, 4) is 27.7 Å². The maximum Gasteiger partial charge on any atom is 0.281 e. The van der Waals surface area contributed by atoms with Crippen molar-refractivity contribution < 1.29 is 23.4 Å². The Bertz CT molecular complexity index is 1050. The van der Waals surface area contributed by atoms with Crippen molar-refractivity contribution in [3.63, 3.8) is 0 Å². The zero-order valence-corrected chi connectivity index (χ0v) is 16.3. The summed E-state index contributed by atoms with van der Waals surface area (Å²) in [7, 11) is 1.55. The Morgan fingerprint density at radius 1 is 1.17 bits per heavy atom. The molecule has 6 nitrogen and oxygen atoms in total. The second-order valence-corrected chi connectivity index (χ2v) is 7.20. The van der Waals surface area contributed by atoms with Crippen molar-refractivity contribution in [2.45, 2.75) is 0 Å². The van der Waals surface area contributed by atoms with Crippen LogP contribution < -0.4 is 19.6 Å². The fourth-order valence-corrected chi connectivity index (χ4v) is 3.72. The second kappa shape index (κ2) is 8.32. The van der Waals surface area contributed by atoms with Gasteiger partial charge >= 0.3 is 0 Å². The van der Waals surface area contributed by atoms with E-state index in [0.29, 0.717) is 40.9 Å². The minimum atomic E-state index is -0.330. The normalized spacial score (nSPS) is 12.8. The van der Waals surface area contributed by atoms with E-state index in [0.717, 1.165) is 10.4 Å². The number of rotatable bonds is 5. The number of carbonyl (C=O) groups excluding carboxylic acids is 1. The molecule has 0 saturated carbocycles. The number of nitrogens with one attached hydrogen (secondary N) is 1. The van der Waals surface area contributed by atoms with E-state index in [9.17, 15) is 9.18 Å². The van der Waals surface area contributed by atoms with Crippen LogP contribution in [-0.2, 0) is 0 Å². The van der Waals surface area contributed by atoms with Crippen LogP contribution in [0.3, 0.4) is 0 Å². The predicted molar refractivity (Wildman–Crippen MR) is 109 cm³/mol. The number of amides is 1. The molecule has 1 aliphatic rings. The van der Waals surface area contributed by atoms with Crippen molar-refractivity contribution in [2.24, 2.45) is 5.10 Å². The standard InChI is InChI=1S/C21H17FN2O4S/c1-26-16-10-13(11-17-20(16)28-9-8-27-17)12-23-24-21(25)19-7-6-18(29-19)14-2-4-15(22)5-3-14/h2-7,10-12H,8-9H2,1H3,(H,24,25)/b23-12-. The molecule has 0 bridgehead atoms. The number of halogens is 1. The topological polar surface area (TPSA) is 69.2 Å². The lowest BCUT2D eigenvalue weighted by atomic mass is 10.2. The lowest BCUT2D eigenvalue weighted by Crippen LogP contribution is -2.17. The molecule has 4 rings (SSSR count). The number of fused-ring (bicyclic) bond motifs is 1. The summed E-state index contributed by atoms with van der Waals surface area (Å²) in [5, 5.41) is 4.02. The van der Waals surface area contributed by atoms with E-state index in [-0.39, 0.29) is 11.7 Å². The number of thiophene rings is 1. The van der Waals surface area contributed by atoms with E-state index >= 15 is 0 Å². The first-order valence-electron chi connectivity index (χ1n) is 8.81. The van der Waals surface area contributed by atoms with Gasteiger partial charge in [-0.2, -0.15) is 5.10 Å². The molecule has 0 unspecified atom stereocenters. The maximum absolute atomic E-state index is 13.1. The molecule has 29 heavy (non-hydrogen) atoms. The highest BCUT2D eigenvalue weighted by atomic mass is 32.1. The summed E-state index contributed by atoms with van der Waals surface area (Å²) in [5.74, 6) is 1.05. The highest BCUT2D eigenvalue weighted by molar-refractivity contribution is 7.17. The van der Waals surface area contributed by atoms with E-state index in [1.165, 1.54) is 29.7 Å². The van der Waals surface area contributed by atoms with Gasteiger partial charge in [0.05, 0.1) is 18.2 Å². The molecular weight excluding hydrogens is 395 g/mol. The molecular formula is C21H17FN2O4S. The number of ether oxygens (including phenoxy) is 3. The molecule has 1 aliphatic heterocycles. The zero-order valence-electron chi connectivity index (χ0n) is 15.5. The van der Waals surface area contributed by atoms with E-state index in [1.54, 1.807) is 37.4 Å². The number of hydrogen-bond acceptors (Lipinski definition) is 6. The molecule has 2 heterocycles. The van der Waals surface area contributed by atoms with Crippen LogP contribution >= 0.6 is 11.3 Å². The summed E-state index contributed by atoms with van der Waals surface area (Å²) in [6, 6.07) is 13.2. The number of carbonyl (C=O) groups is 1. The van der Waals surface area contributed by atoms with Crippen molar-refractivity contribution in [1.29, 1.82) is 0 Å². The molecule has 0 atom stereocenters. The fourth-order valence-electron chi connectivity index (χ4n) is 2.82. The van der Waals surface area contributed by atoms with Gasteiger partial charge in [0.25, 0.3) is 5.91 Å². The first kappa shape index (κ1) is 18.9. The molecule has 3 aromatic rings. The average molecular weight is 412 g/mol. The molecule has 0 saturated heterocycles. The zero-order chi connectivity index (χ0) is 20.2. The molecule has 0 radical (unpaired) electrons. The Morgan fingerprint density at radius 3 is 2.76 bits per heavy atom. The number of methoxy groups -OCH3 is 1. The van der Waals surface area contributed by atoms with Crippen LogP contribution in [-0.4, -0.2) is 32.4 Å². The summed E-state index contributed by atoms with van der Waals surface area (Å²) in [4.78, 5) is 13.7. The molecule has 1 N–H and O–H groups in total. The lowest BCUT2D eigenvalue weighted by molar-refractivity contribution is 0.0959. The smallest absolute Gasteiger partial charge is 0.281 e. The molecule has 2 aromatic carbocycles. The Kier molecular flexibility index (Phi) is 5.44. The lowest BCUT2D eigenvalue weighted by Gasteiger charge is -2.20. The van der Waals surface area contributed by atoms with Gasteiger partial charge in [0, 0.05) is 10.4 Å². The fraction of sp³-hybridized carbons (Fsp3) is 0.143. The van der Waals surface area contributed by atoms with Gasteiger partial charge in [-0.1, -0.05) is 12.1 Å². The van der Waals surface area contributed by atoms with Crippen LogP contribution in [0, 0.1) is 5.82 Å². The van der Waals surface area contributed by atoms with Crippen LogP contribution in [0.4, 0.5) is 4.39 Å². The van der Waals surface area contributed by atoms with E-state index in [4.69, 9.17) is 14.2 Å². The number of nitrogens with zero attached hydrogens (tertiary/aromatic N) is 1. The van der Waals surface area contributed by atoms with Crippen LogP contribution in [0.5, 0.6) is 17.2 Å². The molecule has 1 amide bonds. The van der Waals surface area contributed by atoms with Crippen molar-refractivity contribution in [1.82, 2.24) is 5.43 Å². The van der Waals surface area contributed by atoms with Crippen LogP contribution in [0.1, 0.15) is 15.2 Å². The second-order valence-electron chi connectivity index (χ2n) is 6.12. The van der Waals surface area contributed by atoms with Gasteiger partial charge in [0.15, 0.2) is 11.5 Å². The van der Waals surface area contributed by atoms with Gasteiger partial charge in [0.1, 0.15) is 19.0 Å². The molecule has 148 valence electrons. The van der Waals surface area contributed by atoms with Gasteiger partial charge in [0.2, 0.25) is 5.75 Å². The van der Waals surface area contributed by atoms with E-state index < -0.39 is 0 Å². The first-order chi connectivity index (χ1) is 14.1. The summed E-state index contributed by atoms with van der Waals surface area (Å²) in [6.07, 6.45) is 1.51. The average Bonchev–Trinajstić information content (AvgIpc) is 3.24. The van der Waals surface area contributed by atoms with Gasteiger partial charge in [-0.05, 0) is 42.0 Å². The molecule has 8 heteroatoms. The predicted octanol–water partition coefficient (Wildman–Crippen LogP) is 4.10. The third-order valence-electron chi connectivity index (χ3n) is 4.19. The van der Waals surface area contributed by atoms with Gasteiger partial charge in [-0.15, -0.1) is 11.3 Å². The Hall–Kier alpha value is -3.39. The highest BCUT2D eigenvalue weighted by Gasteiger charge is 2.18. The minimum Gasteiger partial charge on any atom is -0.493 e. The quantitative estimate of drug-likeness (QED) is 0.506. The highest BCUT2D eigenvalue weighted by Crippen LogP contribution is 2.40. The molecule has 0 aliphatic carbocycles. The van der Waals surface area contributed by atoms with Crippen LogP contribution in [0.15, 0.2) is 53.6 Å². The van der Waals surface area contributed by atoms with Crippen LogP contribution in [0.2, 0.25) is 0 Å². The van der Waals surface area contributed by atoms with Crippen molar-refractivity contribution in [2.75, 3.05) is 20.3 Å². The third kappa shape index (κ3) is 4.22. The molecule has 0 fully saturated rings. The summed E-state index contributed by atoms with van der Waals surface area (Å²) >= 11 is 1.31. The van der Waals surface area contributed by atoms with Crippen LogP contribution in [0.25, 0.3) is 10.4 Å². The number of hydrogen-bond donors (Lipinski definition) is 1. The Morgan fingerprint density at radius 2 is 1.97 bits per heavy atom. The number of benzene rings is 2. The SMILES string of the molecule is COc1cc(/C=N\NC(=O)c2ccc(-c3ccc(F)cc3)s2)cc2c1OCCO2. The molecule has 1 aromatic heterocycles. The molecule has 0 spiro atoms. The summed E-state index contributed by atoms with van der Waals surface area (Å²) < 4.78 is 29.5. The van der Waals surface area contributed by atoms with E-state index in [2.05, 4.69) is 10.5 Å². The van der Waals surface area contributed by atoms with Gasteiger partial charge in [-0.25, -0.2) is 9.82 Å². The summed E-state index contributed by atoms with van der Waals surface area (Å²) in [6.45, 7) is 0.926. The Balaban J connectivity index is 1.45. The Labute approximate surface area is 170 Å². The first-order valence-corrected chi connectivity index (χ1v) is 9.62. The number of hydrazone groups is 1.